The van der Waals surface area contributed by atoms with E-state index in [-0.39, 0.29) is 5.91 Å². The van der Waals surface area contributed by atoms with Crippen LogP contribution in [0.15, 0.2) is 54.0 Å². The van der Waals surface area contributed by atoms with Crippen molar-refractivity contribution in [1.29, 1.82) is 0 Å². The van der Waals surface area contributed by atoms with Crippen LogP contribution in [0.3, 0.4) is 0 Å². The summed E-state index contributed by atoms with van der Waals surface area (Å²) in [6, 6.07) is 13.3. The van der Waals surface area contributed by atoms with E-state index < -0.39 is 0 Å². The Hall–Kier alpha value is -3.19. The number of amides is 1. The molecular formula is C20H18N4O2S. The zero-order valence-electron chi connectivity index (χ0n) is 15.0. The first-order valence-corrected chi connectivity index (χ1v) is 9.32. The van der Waals surface area contributed by atoms with Crippen molar-refractivity contribution >= 4 is 28.1 Å². The molecule has 3 aromatic heterocycles. The summed E-state index contributed by atoms with van der Waals surface area (Å²) in [5.74, 6) is 0.524. The number of pyridine rings is 1. The summed E-state index contributed by atoms with van der Waals surface area (Å²) in [4.78, 5) is 18.2. The van der Waals surface area contributed by atoms with E-state index in [4.69, 9.17) is 4.74 Å². The summed E-state index contributed by atoms with van der Waals surface area (Å²) in [6.07, 6.45) is 1.77. The van der Waals surface area contributed by atoms with Crippen molar-refractivity contribution < 1.29 is 9.53 Å². The van der Waals surface area contributed by atoms with Gasteiger partial charge in [-0.2, -0.15) is 5.10 Å². The SMILES string of the molecule is COc1c2ccc(C(=O)NCc3cccnc3-c3cccs3)cc2nn1C. The molecule has 1 aromatic carbocycles. The third-order valence-corrected chi connectivity index (χ3v) is 5.20. The number of hydrogen-bond donors (Lipinski definition) is 1. The number of benzene rings is 1. The van der Waals surface area contributed by atoms with Crippen molar-refractivity contribution in [3.8, 4) is 16.5 Å². The minimum Gasteiger partial charge on any atom is -0.481 e. The highest BCUT2D eigenvalue weighted by Crippen LogP contribution is 2.27. The standard InChI is InChI=1S/C20H18N4O2S/c1-24-20(26-2)15-8-7-13(11-16(15)23-24)19(25)22-12-14-5-3-9-21-18(14)17-6-4-10-27-17/h3-11H,12H2,1-2H3,(H,22,25). The second-order valence-corrected chi connectivity index (χ2v) is 6.98. The third kappa shape index (κ3) is 3.29. The van der Waals surface area contributed by atoms with Gasteiger partial charge >= 0.3 is 0 Å². The molecule has 0 aliphatic carbocycles. The molecule has 0 atom stereocenters. The van der Waals surface area contributed by atoms with E-state index in [0.29, 0.717) is 18.0 Å². The van der Waals surface area contributed by atoms with E-state index in [1.54, 1.807) is 41.5 Å². The van der Waals surface area contributed by atoms with E-state index in [0.717, 1.165) is 27.0 Å². The number of hydrogen-bond acceptors (Lipinski definition) is 5. The Morgan fingerprint density at radius 2 is 2.15 bits per heavy atom. The fourth-order valence-electron chi connectivity index (χ4n) is 3.05. The maximum atomic E-state index is 12.6. The Kier molecular flexibility index (Phi) is 4.60. The van der Waals surface area contributed by atoms with Crippen LogP contribution in [0.2, 0.25) is 0 Å². The number of aromatic nitrogens is 3. The van der Waals surface area contributed by atoms with Gasteiger partial charge < -0.3 is 10.1 Å². The van der Waals surface area contributed by atoms with Crippen LogP contribution in [0.4, 0.5) is 0 Å². The third-order valence-electron chi connectivity index (χ3n) is 4.32. The average molecular weight is 378 g/mol. The van der Waals surface area contributed by atoms with Crippen LogP contribution in [-0.2, 0) is 13.6 Å². The molecule has 0 fully saturated rings. The summed E-state index contributed by atoms with van der Waals surface area (Å²) in [7, 11) is 3.42. The van der Waals surface area contributed by atoms with E-state index in [9.17, 15) is 4.79 Å². The number of thiophene rings is 1. The Morgan fingerprint density at radius 3 is 2.93 bits per heavy atom. The number of rotatable bonds is 5. The van der Waals surface area contributed by atoms with Crippen LogP contribution in [0.5, 0.6) is 5.88 Å². The first kappa shape index (κ1) is 17.2. The van der Waals surface area contributed by atoms with Gasteiger partial charge in [0.15, 0.2) is 0 Å². The highest BCUT2D eigenvalue weighted by atomic mass is 32.1. The van der Waals surface area contributed by atoms with Gasteiger partial charge in [-0.3, -0.25) is 9.78 Å². The van der Waals surface area contributed by atoms with Gasteiger partial charge in [0.2, 0.25) is 5.88 Å². The summed E-state index contributed by atoms with van der Waals surface area (Å²) in [5.41, 5.74) is 3.17. The second kappa shape index (κ2) is 7.20. The molecule has 1 N–H and O–H groups in total. The quantitative estimate of drug-likeness (QED) is 0.576. The van der Waals surface area contributed by atoms with Crippen molar-refractivity contribution in [2.24, 2.45) is 7.05 Å². The first-order valence-electron chi connectivity index (χ1n) is 8.44. The predicted molar refractivity (Wildman–Crippen MR) is 106 cm³/mol. The average Bonchev–Trinajstić information content (AvgIpc) is 3.32. The molecule has 0 spiro atoms. The van der Waals surface area contributed by atoms with Crippen LogP contribution < -0.4 is 10.1 Å². The zero-order chi connectivity index (χ0) is 18.8. The molecule has 0 unspecified atom stereocenters. The normalized spacial score (nSPS) is 10.9. The lowest BCUT2D eigenvalue weighted by atomic mass is 10.1. The van der Waals surface area contributed by atoms with E-state index in [2.05, 4.69) is 15.4 Å². The molecule has 4 aromatic rings. The minimum absolute atomic E-state index is 0.150. The molecule has 27 heavy (non-hydrogen) atoms. The van der Waals surface area contributed by atoms with Crippen LogP contribution in [0.1, 0.15) is 15.9 Å². The predicted octanol–water partition coefficient (Wildman–Crippen LogP) is 3.64. The molecule has 7 heteroatoms. The molecule has 0 radical (unpaired) electrons. The lowest BCUT2D eigenvalue weighted by Gasteiger charge is -2.09. The Bertz CT molecular complexity index is 1100. The minimum atomic E-state index is -0.150. The maximum Gasteiger partial charge on any atom is 0.251 e. The van der Waals surface area contributed by atoms with Crippen molar-refractivity contribution in [2.75, 3.05) is 7.11 Å². The summed E-state index contributed by atoms with van der Waals surface area (Å²) in [5, 5.41) is 10.3. The largest absolute Gasteiger partial charge is 0.481 e. The molecule has 0 saturated carbocycles. The van der Waals surface area contributed by atoms with Crippen molar-refractivity contribution in [3.63, 3.8) is 0 Å². The molecule has 4 rings (SSSR count). The van der Waals surface area contributed by atoms with Crippen molar-refractivity contribution in [1.82, 2.24) is 20.1 Å². The summed E-state index contributed by atoms with van der Waals surface area (Å²) < 4.78 is 7.01. The van der Waals surface area contributed by atoms with Crippen molar-refractivity contribution in [3.05, 3.63) is 65.2 Å². The van der Waals surface area contributed by atoms with E-state index in [1.165, 1.54) is 0 Å². The number of ether oxygens (including phenoxy) is 1. The lowest BCUT2D eigenvalue weighted by molar-refractivity contribution is 0.0951. The van der Waals surface area contributed by atoms with Crippen LogP contribution in [0.25, 0.3) is 21.5 Å². The number of carbonyl (C=O) groups is 1. The van der Waals surface area contributed by atoms with Crippen molar-refractivity contribution in [2.45, 2.75) is 6.54 Å². The van der Waals surface area contributed by atoms with Gasteiger partial charge in [0.05, 0.1) is 28.6 Å². The zero-order valence-corrected chi connectivity index (χ0v) is 15.8. The number of aryl methyl sites for hydroxylation is 1. The summed E-state index contributed by atoms with van der Waals surface area (Å²) in [6.45, 7) is 0.406. The molecule has 0 aliphatic heterocycles. The first-order chi connectivity index (χ1) is 13.2. The second-order valence-electron chi connectivity index (χ2n) is 6.04. The molecule has 3 heterocycles. The van der Waals surface area contributed by atoms with Gasteiger partial charge in [-0.15, -0.1) is 11.3 Å². The van der Waals surface area contributed by atoms with Gasteiger partial charge in [0.1, 0.15) is 0 Å². The van der Waals surface area contributed by atoms with E-state index in [1.807, 2.05) is 42.8 Å². The topological polar surface area (TPSA) is 69.0 Å². The molecule has 136 valence electrons. The highest BCUT2D eigenvalue weighted by Gasteiger charge is 2.14. The fraction of sp³-hybridized carbons (Fsp3) is 0.150. The number of nitrogens with one attached hydrogen (secondary N) is 1. The molecule has 0 aliphatic rings. The number of methoxy groups -OCH3 is 1. The van der Waals surface area contributed by atoms with Gasteiger partial charge in [-0.05, 0) is 41.3 Å². The number of fused-ring (bicyclic) bond motifs is 1. The Morgan fingerprint density at radius 1 is 1.26 bits per heavy atom. The molecular weight excluding hydrogens is 360 g/mol. The van der Waals surface area contributed by atoms with Crippen LogP contribution in [0, 0.1) is 0 Å². The Labute approximate surface area is 160 Å². The Balaban J connectivity index is 1.55. The fourth-order valence-corrected chi connectivity index (χ4v) is 3.81. The van der Waals surface area contributed by atoms with Crippen LogP contribution >= 0.6 is 11.3 Å². The smallest absolute Gasteiger partial charge is 0.251 e. The van der Waals surface area contributed by atoms with Crippen LogP contribution in [-0.4, -0.2) is 27.8 Å². The number of carbonyl (C=O) groups excluding carboxylic acids is 1. The van der Waals surface area contributed by atoms with E-state index >= 15 is 0 Å². The summed E-state index contributed by atoms with van der Waals surface area (Å²) >= 11 is 1.63. The van der Waals surface area contributed by atoms with Gasteiger partial charge in [-0.1, -0.05) is 12.1 Å². The molecule has 0 saturated heterocycles. The van der Waals surface area contributed by atoms with Gasteiger partial charge in [0.25, 0.3) is 5.91 Å². The number of nitrogens with zero attached hydrogens (tertiary/aromatic N) is 3. The highest BCUT2D eigenvalue weighted by molar-refractivity contribution is 7.13. The van der Waals surface area contributed by atoms with Gasteiger partial charge in [-0.25, -0.2) is 4.68 Å². The lowest BCUT2D eigenvalue weighted by Crippen LogP contribution is -2.23. The van der Waals surface area contributed by atoms with Gasteiger partial charge in [0, 0.05) is 25.4 Å². The maximum absolute atomic E-state index is 12.6. The molecule has 6 nitrogen and oxygen atoms in total. The molecule has 1 amide bonds. The monoisotopic (exact) mass is 378 g/mol. The molecule has 0 bridgehead atoms.